The number of likely N-dealkylation sites (tertiary alicyclic amines) is 2. The zero-order valence-electron chi connectivity index (χ0n) is 26.1. The minimum atomic E-state index is 0. The Kier molecular flexibility index (Phi) is 20.3. The summed E-state index contributed by atoms with van der Waals surface area (Å²) in [5, 5.41) is 0. The van der Waals surface area contributed by atoms with E-state index in [1.165, 1.54) is 39.1 Å². The molecule has 6 heteroatoms. The molecule has 0 saturated carbocycles. The molecule has 0 spiro atoms. The van der Waals surface area contributed by atoms with E-state index in [0.29, 0.717) is 17.1 Å². The van der Waals surface area contributed by atoms with Crippen molar-refractivity contribution < 1.29 is 0 Å². The molecule has 2 aliphatic heterocycles. The van der Waals surface area contributed by atoms with Crippen LogP contribution in [0, 0.1) is 5.92 Å². The summed E-state index contributed by atoms with van der Waals surface area (Å²) in [7, 11) is 15.2. The fourth-order valence-corrected chi connectivity index (χ4v) is 3.96. The summed E-state index contributed by atoms with van der Waals surface area (Å²) in [5.41, 5.74) is 0.629. The van der Waals surface area contributed by atoms with Crippen LogP contribution < -0.4 is 0 Å². The number of rotatable bonds is 7. The molecule has 2 aliphatic rings. The van der Waals surface area contributed by atoms with Crippen molar-refractivity contribution >= 4 is 0 Å². The molecule has 2 heterocycles. The van der Waals surface area contributed by atoms with E-state index in [2.05, 4.69) is 134 Å². The SMILES string of the molecule is C.C.CC(C)N(C)C1CCN(C)C1.CN(C)CCN(C)C(C)(C)C.CN1CC(CN(C)C(C)(C)C)C1. The topological polar surface area (TPSA) is 19.4 Å². The Balaban J connectivity index is -0.000000442. The van der Waals surface area contributed by atoms with Gasteiger partial charge in [-0.25, -0.2) is 0 Å². The van der Waals surface area contributed by atoms with Crippen molar-refractivity contribution in [2.24, 2.45) is 5.92 Å². The van der Waals surface area contributed by atoms with Crippen molar-refractivity contribution in [1.29, 1.82) is 0 Å². The third kappa shape index (κ3) is 17.3. The third-order valence-electron chi connectivity index (χ3n) is 7.60. The van der Waals surface area contributed by atoms with E-state index in [9.17, 15) is 0 Å². The summed E-state index contributed by atoms with van der Waals surface area (Å²) in [6.45, 7) is 26.6. The van der Waals surface area contributed by atoms with Crippen molar-refractivity contribution in [2.45, 2.75) is 99.8 Å². The number of hydrogen-bond acceptors (Lipinski definition) is 6. The molecule has 1 atom stereocenters. The van der Waals surface area contributed by atoms with Crippen molar-refractivity contribution in [1.82, 2.24) is 29.4 Å². The minimum absolute atomic E-state index is 0. The average Bonchev–Trinajstić information content (AvgIpc) is 3.09. The minimum Gasteiger partial charge on any atom is -0.308 e. The van der Waals surface area contributed by atoms with Gasteiger partial charge in [-0.1, -0.05) is 14.9 Å². The Morgan fingerprint density at radius 2 is 1.19 bits per heavy atom. The molecule has 0 N–H and O–H groups in total. The zero-order chi connectivity index (χ0) is 26.9. The molecule has 36 heavy (non-hydrogen) atoms. The maximum absolute atomic E-state index is 2.48. The van der Waals surface area contributed by atoms with Crippen LogP contribution in [0.15, 0.2) is 0 Å². The van der Waals surface area contributed by atoms with Gasteiger partial charge in [0.2, 0.25) is 0 Å². The van der Waals surface area contributed by atoms with Gasteiger partial charge in [0.1, 0.15) is 0 Å². The van der Waals surface area contributed by atoms with Gasteiger partial charge in [-0.05, 0) is 124 Å². The Morgan fingerprint density at radius 3 is 1.50 bits per heavy atom. The highest BCUT2D eigenvalue weighted by molar-refractivity contribution is 4.83. The van der Waals surface area contributed by atoms with E-state index < -0.39 is 0 Å². The first-order valence-corrected chi connectivity index (χ1v) is 13.5. The third-order valence-corrected chi connectivity index (χ3v) is 7.60. The van der Waals surface area contributed by atoms with Gasteiger partial charge in [0.25, 0.3) is 0 Å². The van der Waals surface area contributed by atoms with Gasteiger partial charge < -0.3 is 24.5 Å². The van der Waals surface area contributed by atoms with Crippen LogP contribution in [0.5, 0.6) is 0 Å². The lowest BCUT2D eigenvalue weighted by molar-refractivity contribution is 0.0656. The van der Waals surface area contributed by atoms with Crippen molar-refractivity contribution in [3.8, 4) is 0 Å². The molecular weight excluding hydrogens is 444 g/mol. The molecule has 0 aromatic carbocycles. The summed E-state index contributed by atoms with van der Waals surface area (Å²) < 4.78 is 0. The van der Waals surface area contributed by atoms with Crippen LogP contribution in [0.3, 0.4) is 0 Å². The van der Waals surface area contributed by atoms with Gasteiger partial charge in [-0.2, -0.15) is 0 Å². The smallest absolute Gasteiger partial charge is 0.0234 e. The van der Waals surface area contributed by atoms with E-state index >= 15 is 0 Å². The molecule has 1 unspecified atom stereocenters. The fraction of sp³-hybridized carbons (Fsp3) is 1.00. The molecule has 0 aromatic rings. The summed E-state index contributed by atoms with van der Waals surface area (Å²) in [6, 6.07) is 1.48. The molecule has 2 saturated heterocycles. The number of nitrogens with zero attached hydrogens (tertiary/aromatic N) is 6. The molecule has 0 aromatic heterocycles. The van der Waals surface area contributed by atoms with Gasteiger partial charge in [-0.15, -0.1) is 0 Å². The standard InChI is InChI=1S/C10H22N2.C9H20N2.C9H22N2.2CH4/c1-10(2,3)12(5)8-9-6-11(4)7-9;1-8(2)11(4)9-5-6-10(3)7-9;1-9(2,3)11(6)8-7-10(4)5;;/h9H,6-8H2,1-5H3;8-9H,5-7H2,1-4H3;7-8H2,1-6H3;2*1H4. The molecule has 0 radical (unpaired) electrons. The summed E-state index contributed by atoms with van der Waals surface area (Å²) >= 11 is 0. The molecule has 2 rings (SSSR count). The second-order valence-corrected chi connectivity index (χ2v) is 13.5. The molecular formula is C30H72N6. The molecule has 6 nitrogen and oxygen atoms in total. The Hall–Kier alpha value is -0.240. The van der Waals surface area contributed by atoms with Gasteiger partial charge in [0.15, 0.2) is 0 Å². The summed E-state index contributed by atoms with van der Waals surface area (Å²) in [5.74, 6) is 0.902. The van der Waals surface area contributed by atoms with Crippen molar-refractivity contribution in [2.75, 3.05) is 95.1 Å². The van der Waals surface area contributed by atoms with E-state index in [1.807, 2.05) is 0 Å². The second kappa shape index (κ2) is 18.1. The predicted octanol–water partition coefficient (Wildman–Crippen LogP) is 4.86. The molecule has 222 valence electrons. The zero-order valence-corrected chi connectivity index (χ0v) is 26.1. The van der Waals surface area contributed by atoms with Gasteiger partial charge in [-0.3, -0.25) is 4.90 Å². The maximum Gasteiger partial charge on any atom is 0.0234 e. The Labute approximate surface area is 230 Å². The lowest BCUT2D eigenvalue weighted by Gasteiger charge is -2.42. The van der Waals surface area contributed by atoms with Gasteiger partial charge >= 0.3 is 0 Å². The van der Waals surface area contributed by atoms with Crippen molar-refractivity contribution in [3.63, 3.8) is 0 Å². The Morgan fingerprint density at radius 1 is 0.722 bits per heavy atom. The van der Waals surface area contributed by atoms with Crippen LogP contribution in [0.2, 0.25) is 0 Å². The highest BCUT2D eigenvalue weighted by Gasteiger charge is 2.27. The van der Waals surface area contributed by atoms with E-state index in [0.717, 1.165) is 25.0 Å². The van der Waals surface area contributed by atoms with Gasteiger partial charge in [0, 0.05) is 62.4 Å². The quantitative estimate of drug-likeness (QED) is 0.478. The predicted molar refractivity (Wildman–Crippen MR) is 167 cm³/mol. The molecule has 0 bridgehead atoms. The lowest BCUT2D eigenvalue weighted by atomic mass is 9.98. The van der Waals surface area contributed by atoms with E-state index in [-0.39, 0.29) is 14.9 Å². The average molecular weight is 517 g/mol. The lowest BCUT2D eigenvalue weighted by Crippen LogP contribution is -2.51. The van der Waals surface area contributed by atoms with Crippen LogP contribution in [0.4, 0.5) is 0 Å². The molecule has 0 aliphatic carbocycles. The normalized spacial score (nSPS) is 19.5. The highest BCUT2D eigenvalue weighted by Crippen LogP contribution is 2.18. The second-order valence-electron chi connectivity index (χ2n) is 13.5. The molecule has 2 fully saturated rings. The first-order valence-electron chi connectivity index (χ1n) is 13.5. The van der Waals surface area contributed by atoms with Crippen LogP contribution >= 0.6 is 0 Å². The van der Waals surface area contributed by atoms with Crippen LogP contribution in [0.25, 0.3) is 0 Å². The maximum atomic E-state index is 2.48. The van der Waals surface area contributed by atoms with E-state index in [1.54, 1.807) is 0 Å². The summed E-state index contributed by atoms with van der Waals surface area (Å²) in [4.78, 5) is 14.3. The fourth-order valence-electron chi connectivity index (χ4n) is 3.96. The first kappa shape index (κ1) is 40.3. The van der Waals surface area contributed by atoms with Crippen LogP contribution in [0.1, 0.15) is 76.7 Å². The number of hydrogen-bond donors (Lipinski definition) is 0. The number of likely N-dealkylation sites (N-methyl/N-ethyl adjacent to an activating group) is 4. The van der Waals surface area contributed by atoms with Crippen LogP contribution in [-0.4, -0.2) is 148 Å². The van der Waals surface area contributed by atoms with Gasteiger partial charge in [0.05, 0.1) is 0 Å². The molecule has 0 amide bonds. The van der Waals surface area contributed by atoms with Crippen molar-refractivity contribution in [3.05, 3.63) is 0 Å². The first-order chi connectivity index (χ1) is 15.3. The highest BCUT2D eigenvalue weighted by atomic mass is 15.2. The van der Waals surface area contributed by atoms with E-state index in [4.69, 9.17) is 0 Å². The Bertz CT molecular complexity index is 517. The van der Waals surface area contributed by atoms with Crippen LogP contribution in [-0.2, 0) is 0 Å². The summed E-state index contributed by atoms with van der Waals surface area (Å²) in [6.07, 6.45) is 1.34. The monoisotopic (exact) mass is 517 g/mol. The largest absolute Gasteiger partial charge is 0.308 e.